The Kier molecular flexibility index (Phi) is 2.50. The van der Waals surface area contributed by atoms with E-state index in [-0.39, 0.29) is 6.10 Å². The van der Waals surface area contributed by atoms with Crippen LogP contribution in [-0.2, 0) is 9.88 Å². The molecule has 1 aliphatic heterocycles. The summed E-state index contributed by atoms with van der Waals surface area (Å²) in [6, 6.07) is 0. The van der Waals surface area contributed by atoms with Crippen LogP contribution in [0.5, 0.6) is 0 Å². The fraction of sp³-hybridized carbons (Fsp3) is 0.364. The van der Waals surface area contributed by atoms with Crippen LogP contribution in [0.4, 0.5) is 0 Å². The van der Waals surface area contributed by atoms with E-state index >= 15 is 0 Å². The number of rotatable bonds is 2. The first-order chi connectivity index (χ1) is 6.81. The van der Waals surface area contributed by atoms with E-state index in [2.05, 4.69) is 35.3 Å². The molecule has 0 spiro atoms. The molecule has 3 heteroatoms. The molecule has 1 aliphatic carbocycles. The lowest BCUT2D eigenvalue weighted by Gasteiger charge is -2.13. The summed E-state index contributed by atoms with van der Waals surface area (Å²) in [4.78, 5) is 9.51. The number of hydrogen-bond donors (Lipinski definition) is 0. The Bertz CT molecular complexity index is 339. The SMILES string of the molecule is C/C=C/C(C)C1=CC2OON=C2C=C1. The summed E-state index contributed by atoms with van der Waals surface area (Å²) in [6.07, 6.45) is 10.1. The number of hydrogen-bond acceptors (Lipinski definition) is 3. The second-order valence-corrected chi connectivity index (χ2v) is 3.42. The normalized spacial score (nSPS) is 26.9. The maximum atomic E-state index is 4.96. The van der Waals surface area contributed by atoms with E-state index in [1.165, 1.54) is 5.57 Å². The van der Waals surface area contributed by atoms with Crippen molar-refractivity contribution in [2.24, 2.45) is 11.1 Å². The van der Waals surface area contributed by atoms with Gasteiger partial charge < -0.3 is 0 Å². The summed E-state index contributed by atoms with van der Waals surface area (Å²) < 4.78 is 0. The fourth-order valence-corrected chi connectivity index (χ4v) is 1.57. The highest BCUT2D eigenvalue weighted by molar-refractivity contribution is 6.01. The van der Waals surface area contributed by atoms with Crippen molar-refractivity contribution in [3.8, 4) is 0 Å². The van der Waals surface area contributed by atoms with Crippen molar-refractivity contribution in [1.29, 1.82) is 0 Å². The predicted octanol–water partition coefficient (Wildman–Crippen LogP) is 2.38. The van der Waals surface area contributed by atoms with Gasteiger partial charge in [0.05, 0.1) is 0 Å². The number of nitrogens with zero attached hydrogens (tertiary/aromatic N) is 1. The molecule has 2 rings (SSSR count). The summed E-state index contributed by atoms with van der Waals surface area (Å²) >= 11 is 0. The summed E-state index contributed by atoms with van der Waals surface area (Å²) in [6.45, 7) is 4.17. The quantitative estimate of drug-likeness (QED) is 0.495. The van der Waals surface area contributed by atoms with Crippen LogP contribution < -0.4 is 0 Å². The number of fused-ring (bicyclic) bond motifs is 1. The zero-order chi connectivity index (χ0) is 9.97. The van der Waals surface area contributed by atoms with Gasteiger partial charge in [-0.2, -0.15) is 0 Å². The Balaban J connectivity index is 2.16. The minimum atomic E-state index is -0.122. The molecule has 0 saturated heterocycles. The molecule has 0 bridgehead atoms. The van der Waals surface area contributed by atoms with Gasteiger partial charge in [0.1, 0.15) is 5.71 Å². The smallest absolute Gasteiger partial charge is 0.171 e. The van der Waals surface area contributed by atoms with Crippen LogP contribution in [0.25, 0.3) is 0 Å². The topological polar surface area (TPSA) is 30.8 Å². The van der Waals surface area contributed by atoms with Gasteiger partial charge in [0.2, 0.25) is 0 Å². The van der Waals surface area contributed by atoms with Gasteiger partial charge >= 0.3 is 0 Å². The van der Waals surface area contributed by atoms with Gasteiger partial charge in [-0.25, -0.2) is 4.99 Å². The lowest BCUT2D eigenvalue weighted by atomic mass is 9.93. The maximum Gasteiger partial charge on any atom is 0.171 e. The Morgan fingerprint density at radius 2 is 2.36 bits per heavy atom. The van der Waals surface area contributed by atoms with E-state index in [0.29, 0.717) is 5.92 Å². The van der Waals surface area contributed by atoms with E-state index in [0.717, 1.165) is 5.71 Å². The van der Waals surface area contributed by atoms with Crippen LogP contribution in [0, 0.1) is 5.92 Å². The highest BCUT2D eigenvalue weighted by Crippen LogP contribution is 2.22. The summed E-state index contributed by atoms with van der Waals surface area (Å²) in [5.74, 6) is 0.405. The first kappa shape index (κ1) is 9.21. The van der Waals surface area contributed by atoms with Gasteiger partial charge in [-0.3, -0.25) is 0 Å². The molecule has 0 radical (unpaired) electrons. The highest BCUT2D eigenvalue weighted by Gasteiger charge is 2.24. The molecule has 2 unspecified atom stereocenters. The van der Waals surface area contributed by atoms with Gasteiger partial charge in [0.15, 0.2) is 6.10 Å². The molecular weight excluding hydrogens is 178 g/mol. The van der Waals surface area contributed by atoms with E-state index in [1.54, 1.807) is 0 Å². The van der Waals surface area contributed by atoms with Crippen LogP contribution in [0.3, 0.4) is 0 Å². The molecule has 2 aliphatic rings. The molecule has 0 fully saturated rings. The van der Waals surface area contributed by atoms with E-state index in [1.807, 2.05) is 19.1 Å². The standard InChI is InChI=1S/C11H13NO2/c1-3-4-8(2)9-5-6-10-11(7-9)13-14-12-10/h3-8,11H,1-2H3/b4-3+. The number of oxime groups is 1. The van der Waals surface area contributed by atoms with E-state index in [9.17, 15) is 0 Å². The average Bonchev–Trinajstić information content (AvgIpc) is 2.64. The third kappa shape index (κ3) is 1.63. The molecule has 0 aromatic carbocycles. The van der Waals surface area contributed by atoms with Crippen LogP contribution in [0.1, 0.15) is 13.8 Å². The molecule has 0 N–H and O–H groups in total. The first-order valence-corrected chi connectivity index (χ1v) is 4.74. The Morgan fingerprint density at radius 1 is 1.50 bits per heavy atom. The molecule has 3 nitrogen and oxygen atoms in total. The minimum absolute atomic E-state index is 0.122. The molecule has 14 heavy (non-hydrogen) atoms. The van der Waals surface area contributed by atoms with Crippen molar-refractivity contribution in [2.75, 3.05) is 0 Å². The zero-order valence-corrected chi connectivity index (χ0v) is 8.31. The van der Waals surface area contributed by atoms with E-state index in [4.69, 9.17) is 4.89 Å². The molecule has 0 saturated carbocycles. The van der Waals surface area contributed by atoms with Gasteiger partial charge in [0, 0.05) is 0 Å². The van der Waals surface area contributed by atoms with E-state index < -0.39 is 0 Å². The van der Waals surface area contributed by atoms with Crippen molar-refractivity contribution in [1.82, 2.24) is 0 Å². The largest absolute Gasteiger partial charge is 0.219 e. The van der Waals surface area contributed by atoms with Crippen molar-refractivity contribution in [2.45, 2.75) is 20.0 Å². The molecule has 74 valence electrons. The van der Waals surface area contributed by atoms with Gasteiger partial charge in [-0.15, -0.1) is 4.89 Å². The maximum absolute atomic E-state index is 4.96. The van der Waals surface area contributed by atoms with Crippen LogP contribution in [-0.4, -0.2) is 11.8 Å². The number of allylic oxidation sites excluding steroid dienone is 4. The van der Waals surface area contributed by atoms with Crippen molar-refractivity contribution in [3.63, 3.8) is 0 Å². The molecule has 1 heterocycles. The van der Waals surface area contributed by atoms with Crippen molar-refractivity contribution >= 4 is 5.71 Å². The molecule has 0 aromatic rings. The van der Waals surface area contributed by atoms with Crippen molar-refractivity contribution in [3.05, 3.63) is 36.0 Å². The molecule has 0 amide bonds. The lowest BCUT2D eigenvalue weighted by molar-refractivity contribution is -0.283. The van der Waals surface area contributed by atoms with Crippen LogP contribution in [0.2, 0.25) is 0 Å². The first-order valence-electron chi connectivity index (χ1n) is 4.74. The average molecular weight is 191 g/mol. The third-order valence-electron chi connectivity index (χ3n) is 2.38. The van der Waals surface area contributed by atoms with Crippen LogP contribution in [0.15, 0.2) is 41.1 Å². The molecule has 0 aromatic heterocycles. The van der Waals surface area contributed by atoms with Gasteiger partial charge in [0.25, 0.3) is 0 Å². The summed E-state index contributed by atoms with van der Waals surface area (Å²) in [7, 11) is 0. The van der Waals surface area contributed by atoms with Crippen molar-refractivity contribution < 1.29 is 9.88 Å². The van der Waals surface area contributed by atoms with Gasteiger partial charge in [-0.1, -0.05) is 25.2 Å². The molecule has 2 atom stereocenters. The Labute approximate surface area is 83.3 Å². The lowest BCUT2D eigenvalue weighted by Crippen LogP contribution is -2.18. The molecular formula is C11H13NO2. The van der Waals surface area contributed by atoms with Gasteiger partial charge in [-0.05, 0) is 35.7 Å². The van der Waals surface area contributed by atoms with Crippen LogP contribution >= 0.6 is 0 Å². The third-order valence-corrected chi connectivity index (χ3v) is 2.38. The Morgan fingerprint density at radius 3 is 3.14 bits per heavy atom. The summed E-state index contributed by atoms with van der Waals surface area (Å²) in [5, 5.41) is 3.74. The second kappa shape index (κ2) is 3.80. The highest BCUT2D eigenvalue weighted by atomic mass is 17.3. The predicted molar refractivity (Wildman–Crippen MR) is 54.6 cm³/mol. The fourth-order valence-electron chi connectivity index (χ4n) is 1.57. The minimum Gasteiger partial charge on any atom is -0.219 e. The zero-order valence-electron chi connectivity index (χ0n) is 8.31. The Hall–Kier alpha value is -1.35. The monoisotopic (exact) mass is 191 g/mol. The second-order valence-electron chi connectivity index (χ2n) is 3.42. The summed E-state index contributed by atoms with van der Waals surface area (Å²) in [5.41, 5.74) is 2.07.